The Morgan fingerprint density at radius 3 is 2.44 bits per heavy atom. The maximum absolute atomic E-state index is 13.6. The molecule has 0 fully saturated rings. The van der Waals surface area contributed by atoms with Crippen molar-refractivity contribution in [1.29, 1.82) is 0 Å². The largest absolute Gasteiger partial charge is 0.497 e. The quantitative estimate of drug-likeness (QED) is 0.339. The first kappa shape index (κ1) is 26.7. The third-order valence-corrected chi connectivity index (χ3v) is 7.78. The van der Waals surface area contributed by atoms with Crippen molar-refractivity contribution in [2.45, 2.75) is 19.6 Å². The summed E-state index contributed by atoms with van der Waals surface area (Å²) in [6.07, 6.45) is 0. The molecular weight excluding hydrogens is 591 g/mol. The van der Waals surface area contributed by atoms with Gasteiger partial charge in [0.1, 0.15) is 17.3 Å². The molecule has 1 aliphatic rings. The van der Waals surface area contributed by atoms with Gasteiger partial charge < -0.3 is 15.0 Å². The van der Waals surface area contributed by atoms with Gasteiger partial charge >= 0.3 is 5.69 Å². The molecule has 11 heteroatoms. The Labute approximate surface area is 236 Å². The lowest BCUT2D eigenvalue weighted by atomic mass is 10.1. The molecule has 0 radical (unpaired) electrons. The molecule has 0 unspecified atom stereocenters. The summed E-state index contributed by atoms with van der Waals surface area (Å²) in [7, 11) is 1.54. The first-order valence-corrected chi connectivity index (χ1v) is 13.2. The number of fused-ring (bicyclic) bond motifs is 1. The van der Waals surface area contributed by atoms with E-state index in [2.05, 4.69) is 21.2 Å². The van der Waals surface area contributed by atoms with Crippen molar-refractivity contribution in [2.75, 3.05) is 13.7 Å². The van der Waals surface area contributed by atoms with E-state index in [0.717, 1.165) is 0 Å². The van der Waals surface area contributed by atoms with Gasteiger partial charge in [-0.15, -0.1) is 0 Å². The summed E-state index contributed by atoms with van der Waals surface area (Å²) in [6.45, 7) is 0.666. The fourth-order valence-corrected chi connectivity index (χ4v) is 4.94. The van der Waals surface area contributed by atoms with Crippen LogP contribution < -0.4 is 15.7 Å². The van der Waals surface area contributed by atoms with Crippen LogP contribution in [-0.2, 0) is 19.6 Å². The van der Waals surface area contributed by atoms with Crippen LogP contribution in [0.3, 0.4) is 0 Å². The van der Waals surface area contributed by atoms with E-state index in [9.17, 15) is 18.8 Å². The summed E-state index contributed by atoms with van der Waals surface area (Å²) in [6, 6.07) is 17.5. The van der Waals surface area contributed by atoms with Crippen molar-refractivity contribution in [3.05, 3.63) is 115 Å². The summed E-state index contributed by atoms with van der Waals surface area (Å²) in [4.78, 5) is 42.1. The molecule has 5 rings (SSSR count). The molecule has 0 saturated heterocycles. The van der Waals surface area contributed by atoms with Crippen LogP contribution in [-0.4, -0.2) is 39.5 Å². The van der Waals surface area contributed by atoms with Crippen molar-refractivity contribution in [3.8, 4) is 11.4 Å². The van der Waals surface area contributed by atoms with Crippen molar-refractivity contribution in [1.82, 2.24) is 19.4 Å². The third-order valence-electron chi connectivity index (χ3n) is 6.54. The molecule has 0 saturated carbocycles. The Kier molecular flexibility index (Phi) is 7.58. The van der Waals surface area contributed by atoms with Crippen LogP contribution in [0.25, 0.3) is 5.69 Å². The van der Waals surface area contributed by atoms with Gasteiger partial charge in [0, 0.05) is 29.7 Å². The molecule has 2 amide bonds. The van der Waals surface area contributed by atoms with E-state index >= 15 is 0 Å². The van der Waals surface area contributed by atoms with Gasteiger partial charge in [0.05, 0.1) is 30.1 Å². The van der Waals surface area contributed by atoms with E-state index < -0.39 is 5.91 Å². The zero-order chi connectivity index (χ0) is 27.7. The van der Waals surface area contributed by atoms with Crippen LogP contribution in [0.4, 0.5) is 4.39 Å². The lowest BCUT2D eigenvalue weighted by Crippen LogP contribution is -2.41. The second-order valence-electron chi connectivity index (χ2n) is 8.93. The number of nitrogens with one attached hydrogen (secondary N) is 1. The number of carbonyl (C=O) groups is 2. The second-order valence-corrected chi connectivity index (χ2v) is 10.2. The number of carbonyl (C=O) groups excluding carboxylic acids is 2. The summed E-state index contributed by atoms with van der Waals surface area (Å²) < 4.78 is 22.1. The molecule has 39 heavy (non-hydrogen) atoms. The van der Waals surface area contributed by atoms with E-state index in [0.29, 0.717) is 37.8 Å². The highest BCUT2D eigenvalue weighted by atomic mass is 79.9. The molecule has 1 N–H and O–H groups in total. The van der Waals surface area contributed by atoms with E-state index in [4.69, 9.17) is 16.3 Å². The maximum atomic E-state index is 13.6. The molecule has 3 aromatic carbocycles. The number of amides is 2. The Bertz CT molecular complexity index is 1620. The highest BCUT2D eigenvalue weighted by Gasteiger charge is 2.32. The minimum Gasteiger partial charge on any atom is -0.497 e. The first-order valence-electron chi connectivity index (χ1n) is 12.0. The van der Waals surface area contributed by atoms with E-state index in [1.807, 2.05) is 0 Å². The number of ether oxygens (including phenoxy) is 1. The Morgan fingerprint density at radius 2 is 1.77 bits per heavy atom. The predicted molar refractivity (Wildman–Crippen MR) is 148 cm³/mol. The molecule has 2 heterocycles. The number of benzene rings is 3. The van der Waals surface area contributed by atoms with Gasteiger partial charge in [-0.05, 0) is 76.1 Å². The standard InChI is InChI=1S/C28H23BrClFN4O4/c1-39-21-9-7-20(8-10-21)35-25(26(36)32-15-17-2-5-19(31)6-3-17)24-16-33(12-13-34(24)28(35)38)27(37)18-4-11-22(29)23(30)14-18/h2-11,14H,12-13,15-16H2,1H3,(H,32,36). The number of hydrogen-bond acceptors (Lipinski definition) is 4. The number of nitrogens with zero attached hydrogens (tertiary/aromatic N) is 3. The minimum atomic E-state index is -0.498. The van der Waals surface area contributed by atoms with Gasteiger partial charge in [-0.2, -0.15) is 0 Å². The van der Waals surface area contributed by atoms with Gasteiger partial charge in [-0.25, -0.2) is 9.18 Å². The Balaban J connectivity index is 1.53. The molecule has 0 spiro atoms. The third kappa shape index (κ3) is 5.35. The molecule has 0 atom stereocenters. The van der Waals surface area contributed by atoms with Crippen molar-refractivity contribution < 1.29 is 18.7 Å². The van der Waals surface area contributed by atoms with Crippen LogP contribution in [0.15, 0.2) is 76.0 Å². The van der Waals surface area contributed by atoms with Crippen LogP contribution in [0.1, 0.15) is 32.1 Å². The Hall–Kier alpha value is -3.89. The molecule has 1 aliphatic heterocycles. The zero-order valence-electron chi connectivity index (χ0n) is 20.8. The van der Waals surface area contributed by atoms with Crippen molar-refractivity contribution in [2.24, 2.45) is 0 Å². The fraction of sp³-hybridized carbons (Fsp3) is 0.179. The van der Waals surface area contributed by atoms with Gasteiger partial charge in [0.25, 0.3) is 11.8 Å². The van der Waals surface area contributed by atoms with Crippen molar-refractivity contribution in [3.63, 3.8) is 0 Å². The number of hydrogen-bond donors (Lipinski definition) is 1. The average molecular weight is 614 g/mol. The SMILES string of the molecule is COc1ccc(-n2c(C(=O)NCc3ccc(F)cc3)c3n(c2=O)CCN(C(=O)c2ccc(Br)c(Cl)c2)C3)cc1. The number of rotatable bonds is 6. The molecule has 4 aromatic rings. The van der Waals surface area contributed by atoms with Crippen LogP contribution in [0.2, 0.25) is 5.02 Å². The summed E-state index contributed by atoms with van der Waals surface area (Å²) >= 11 is 9.53. The normalized spacial score (nSPS) is 12.7. The van der Waals surface area contributed by atoms with E-state index in [-0.39, 0.29) is 49.3 Å². The maximum Gasteiger partial charge on any atom is 0.333 e. The van der Waals surface area contributed by atoms with Crippen LogP contribution >= 0.6 is 27.5 Å². The molecule has 0 bridgehead atoms. The molecule has 200 valence electrons. The summed E-state index contributed by atoms with van der Waals surface area (Å²) in [5.74, 6) is -0.542. The number of aromatic nitrogens is 2. The second kappa shape index (κ2) is 11.1. The molecule has 1 aromatic heterocycles. The topological polar surface area (TPSA) is 85.6 Å². The van der Waals surface area contributed by atoms with Crippen LogP contribution in [0, 0.1) is 5.82 Å². The van der Waals surface area contributed by atoms with E-state index in [1.54, 1.807) is 59.5 Å². The predicted octanol–water partition coefficient (Wildman–Crippen LogP) is 4.79. The summed E-state index contributed by atoms with van der Waals surface area (Å²) in [5, 5.41) is 3.24. The minimum absolute atomic E-state index is 0.0458. The highest BCUT2D eigenvalue weighted by Crippen LogP contribution is 2.26. The Morgan fingerprint density at radius 1 is 1.05 bits per heavy atom. The van der Waals surface area contributed by atoms with E-state index in [1.165, 1.54) is 28.4 Å². The van der Waals surface area contributed by atoms with Crippen molar-refractivity contribution >= 4 is 39.3 Å². The molecule has 0 aliphatic carbocycles. The zero-order valence-corrected chi connectivity index (χ0v) is 23.1. The smallest absolute Gasteiger partial charge is 0.333 e. The molecule has 8 nitrogen and oxygen atoms in total. The lowest BCUT2D eigenvalue weighted by molar-refractivity contribution is 0.0706. The van der Waals surface area contributed by atoms with Gasteiger partial charge in [-0.1, -0.05) is 23.7 Å². The van der Waals surface area contributed by atoms with Crippen LogP contribution in [0.5, 0.6) is 5.75 Å². The highest BCUT2D eigenvalue weighted by molar-refractivity contribution is 9.10. The first-order chi connectivity index (χ1) is 18.8. The monoisotopic (exact) mass is 612 g/mol. The van der Waals surface area contributed by atoms with Gasteiger partial charge in [-0.3, -0.25) is 18.7 Å². The summed E-state index contributed by atoms with van der Waals surface area (Å²) in [5.41, 5.74) is 1.72. The average Bonchev–Trinajstić information content (AvgIpc) is 3.25. The number of imidazole rings is 1. The number of halogens is 3. The van der Waals surface area contributed by atoms with Gasteiger partial charge in [0.15, 0.2) is 0 Å². The fourth-order valence-electron chi connectivity index (χ4n) is 4.52. The molecular formula is C28H23BrClFN4O4. The van der Waals surface area contributed by atoms with Gasteiger partial charge in [0.2, 0.25) is 0 Å². The number of methoxy groups -OCH3 is 1. The lowest BCUT2D eigenvalue weighted by Gasteiger charge is -2.28.